The number of hydrogen-bond acceptors (Lipinski definition) is 1. The fourth-order valence-corrected chi connectivity index (χ4v) is 10.8. The van der Waals surface area contributed by atoms with E-state index in [9.17, 15) is 0 Å². The van der Waals surface area contributed by atoms with Crippen molar-refractivity contribution in [3.63, 3.8) is 0 Å². The van der Waals surface area contributed by atoms with Gasteiger partial charge in [-0.15, -0.1) is 0 Å². The Balaban J connectivity index is 1.17. The summed E-state index contributed by atoms with van der Waals surface area (Å²) < 4.78 is 0. The zero-order chi connectivity index (χ0) is 20.1. The standard InChI is InChI=1S/C28H38ClN/c1-17(30-26-22-8-18-6-19(10-22)11-23(26)9-18)27-12-20-7-21(13-27)15-28(14-20,16-27)24-2-4-25(29)5-3-24/h2-5,17-23,26,30H,6-16H2,1H3/t17-,18?,19?,20-,21+,22?,23?,26?,27?,28?/m0/s1. The van der Waals surface area contributed by atoms with Crippen molar-refractivity contribution in [3.05, 3.63) is 34.9 Å². The molecule has 8 fully saturated rings. The SMILES string of the molecule is C[C@H](NC1C2CC3CC(C2)CC1C3)C12C[C@@H]3C[C@@H](CC(c4ccc(Cl)cc4)(C3)C1)C2. The molecule has 0 radical (unpaired) electrons. The number of benzene rings is 1. The Morgan fingerprint density at radius 2 is 1.37 bits per heavy atom. The average molecular weight is 424 g/mol. The van der Waals surface area contributed by atoms with Crippen LogP contribution in [0, 0.1) is 40.9 Å². The Hall–Kier alpha value is -0.530. The lowest BCUT2D eigenvalue weighted by Crippen LogP contribution is -2.64. The highest BCUT2D eigenvalue weighted by Gasteiger charge is 2.60. The molecule has 2 unspecified atom stereocenters. The van der Waals surface area contributed by atoms with Crippen molar-refractivity contribution in [1.29, 1.82) is 0 Å². The molecule has 1 aromatic carbocycles. The van der Waals surface area contributed by atoms with E-state index in [1.807, 2.05) is 0 Å². The molecule has 0 spiro atoms. The summed E-state index contributed by atoms with van der Waals surface area (Å²) in [6.07, 6.45) is 16.4. The van der Waals surface area contributed by atoms with Gasteiger partial charge in [0.25, 0.3) is 0 Å². The fraction of sp³-hybridized carbons (Fsp3) is 0.786. The van der Waals surface area contributed by atoms with E-state index >= 15 is 0 Å². The molecule has 2 heteroatoms. The molecule has 0 aromatic heterocycles. The van der Waals surface area contributed by atoms with E-state index in [1.165, 1.54) is 64.2 Å². The van der Waals surface area contributed by atoms with Crippen LogP contribution >= 0.6 is 11.6 Å². The summed E-state index contributed by atoms with van der Waals surface area (Å²) in [5.41, 5.74) is 2.54. The molecule has 0 aliphatic heterocycles. The monoisotopic (exact) mass is 423 g/mol. The van der Waals surface area contributed by atoms with Gasteiger partial charge in [0.15, 0.2) is 0 Å². The van der Waals surface area contributed by atoms with E-state index in [0.29, 0.717) is 16.9 Å². The third kappa shape index (κ3) is 2.76. The van der Waals surface area contributed by atoms with Gasteiger partial charge in [0.1, 0.15) is 0 Å². The van der Waals surface area contributed by atoms with Crippen molar-refractivity contribution < 1.29 is 0 Å². The molecule has 0 saturated heterocycles. The number of hydrogen-bond donors (Lipinski definition) is 1. The van der Waals surface area contributed by atoms with Gasteiger partial charge in [-0.1, -0.05) is 23.7 Å². The Morgan fingerprint density at radius 1 is 0.800 bits per heavy atom. The molecule has 1 nitrogen and oxygen atoms in total. The van der Waals surface area contributed by atoms with Crippen LogP contribution in [0.15, 0.2) is 24.3 Å². The Morgan fingerprint density at radius 3 is 1.97 bits per heavy atom. The fourth-order valence-electron chi connectivity index (χ4n) is 10.6. The summed E-state index contributed by atoms with van der Waals surface area (Å²) in [6, 6.07) is 10.5. The quantitative estimate of drug-likeness (QED) is 0.550. The van der Waals surface area contributed by atoms with Gasteiger partial charge in [-0.3, -0.25) is 0 Å². The van der Waals surface area contributed by atoms with Crippen LogP contribution in [-0.2, 0) is 5.41 Å². The van der Waals surface area contributed by atoms with E-state index in [2.05, 4.69) is 36.5 Å². The van der Waals surface area contributed by atoms with E-state index in [0.717, 1.165) is 46.6 Å². The Kier molecular flexibility index (Phi) is 4.12. The van der Waals surface area contributed by atoms with Crippen molar-refractivity contribution in [2.24, 2.45) is 40.9 Å². The summed E-state index contributed by atoms with van der Waals surface area (Å²) in [5.74, 6) is 6.03. The van der Waals surface area contributed by atoms with Crippen molar-refractivity contribution in [2.45, 2.75) is 95.1 Å². The van der Waals surface area contributed by atoms with Gasteiger partial charge in [-0.05, 0) is 142 Å². The van der Waals surface area contributed by atoms with Crippen LogP contribution in [0.5, 0.6) is 0 Å². The van der Waals surface area contributed by atoms with E-state index in [4.69, 9.17) is 11.6 Å². The first-order valence-corrected chi connectivity index (χ1v) is 13.4. The van der Waals surface area contributed by atoms with Crippen molar-refractivity contribution in [2.75, 3.05) is 0 Å². The van der Waals surface area contributed by atoms with Crippen molar-refractivity contribution >= 4 is 11.6 Å². The molecule has 5 atom stereocenters. The Labute approximate surface area is 187 Å². The molecule has 8 aliphatic carbocycles. The summed E-state index contributed by atoms with van der Waals surface area (Å²) in [7, 11) is 0. The third-order valence-corrected chi connectivity index (χ3v) is 11.4. The van der Waals surface area contributed by atoms with Crippen LogP contribution in [-0.4, -0.2) is 12.1 Å². The lowest BCUT2D eigenvalue weighted by Gasteiger charge is -2.65. The maximum atomic E-state index is 6.26. The smallest absolute Gasteiger partial charge is 0.0406 e. The molecule has 1 aromatic rings. The molecule has 8 bridgehead atoms. The minimum absolute atomic E-state index is 0.425. The maximum absolute atomic E-state index is 6.26. The number of rotatable bonds is 4. The van der Waals surface area contributed by atoms with Gasteiger partial charge < -0.3 is 5.32 Å². The lowest BCUT2D eigenvalue weighted by molar-refractivity contribution is -0.0986. The predicted molar refractivity (Wildman–Crippen MR) is 124 cm³/mol. The van der Waals surface area contributed by atoms with Gasteiger partial charge >= 0.3 is 0 Å². The Bertz CT molecular complexity index is 786. The van der Waals surface area contributed by atoms with Crippen LogP contribution in [0.25, 0.3) is 0 Å². The first kappa shape index (κ1) is 19.0. The van der Waals surface area contributed by atoms with E-state index in [-0.39, 0.29) is 0 Å². The minimum Gasteiger partial charge on any atom is -0.310 e. The molecule has 162 valence electrons. The molecule has 0 amide bonds. The largest absolute Gasteiger partial charge is 0.310 e. The third-order valence-electron chi connectivity index (χ3n) is 11.2. The molecule has 9 rings (SSSR count). The molecule has 1 N–H and O–H groups in total. The van der Waals surface area contributed by atoms with E-state index in [1.54, 1.807) is 12.0 Å². The summed E-state index contributed by atoms with van der Waals surface area (Å²) in [4.78, 5) is 0. The maximum Gasteiger partial charge on any atom is 0.0406 e. The zero-order valence-electron chi connectivity index (χ0n) is 18.6. The van der Waals surface area contributed by atoms with Crippen molar-refractivity contribution in [3.8, 4) is 0 Å². The predicted octanol–water partition coefficient (Wildman–Crippen LogP) is 6.98. The highest BCUT2D eigenvalue weighted by molar-refractivity contribution is 6.30. The highest BCUT2D eigenvalue weighted by atomic mass is 35.5. The van der Waals surface area contributed by atoms with Crippen LogP contribution in [0.2, 0.25) is 5.02 Å². The molecule has 30 heavy (non-hydrogen) atoms. The number of nitrogens with one attached hydrogen (secondary N) is 1. The normalized spacial score (nSPS) is 51.5. The molecular weight excluding hydrogens is 386 g/mol. The molecule has 0 heterocycles. The second kappa shape index (κ2) is 6.50. The minimum atomic E-state index is 0.425. The summed E-state index contributed by atoms with van der Waals surface area (Å²) in [5, 5.41) is 5.26. The molecule has 8 saturated carbocycles. The topological polar surface area (TPSA) is 12.0 Å². The van der Waals surface area contributed by atoms with Crippen LogP contribution in [0.4, 0.5) is 0 Å². The van der Waals surface area contributed by atoms with Crippen molar-refractivity contribution in [1.82, 2.24) is 5.32 Å². The zero-order valence-corrected chi connectivity index (χ0v) is 19.3. The van der Waals surface area contributed by atoms with Crippen LogP contribution in [0.1, 0.15) is 83.1 Å². The van der Waals surface area contributed by atoms with Gasteiger partial charge in [-0.25, -0.2) is 0 Å². The second-order valence-electron chi connectivity index (χ2n) is 13.0. The summed E-state index contributed by atoms with van der Waals surface area (Å²) in [6.45, 7) is 2.59. The van der Waals surface area contributed by atoms with Gasteiger partial charge in [-0.2, -0.15) is 0 Å². The van der Waals surface area contributed by atoms with Gasteiger partial charge in [0.2, 0.25) is 0 Å². The van der Waals surface area contributed by atoms with Gasteiger partial charge in [0.05, 0.1) is 0 Å². The van der Waals surface area contributed by atoms with Gasteiger partial charge in [0, 0.05) is 17.1 Å². The van der Waals surface area contributed by atoms with Crippen LogP contribution < -0.4 is 5.32 Å². The first-order chi connectivity index (χ1) is 14.5. The average Bonchev–Trinajstić information content (AvgIpc) is 2.69. The first-order valence-electron chi connectivity index (χ1n) is 13.0. The van der Waals surface area contributed by atoms with Crippen LogP contribution in [0.3, 0.4) is 0 Å². The molecule has 8 aliphatic rings. The second-order valence-corrected chi connectivity index (χ2v) is 13.4. The molecular formula is C28H38ClN. The highest BCUT2D eigenvalue weighted by Crippen LogP contribution is 2.67. The van der Waals surface area contributed by atoms with E-state index < -0.39 is 0 Å². The number of halogens is 1. The summed E-state index contributed by atoms with van der Waals surface area (Å²) >= 11 is 6.26. The lowest BCUT2D eigenvalue weighted by atomic mass is 9.41.